The third kappa shape index (κ3) is 3.92. The van der Waals surface area contributed by atoms with E-state index in [-0.39, 0.29) is 11.0 Å². The summed E-state index contributed by atoms with van der Waals surface area (Å²) in [6, 6.07) is 14.1. The molecule has 1 aliphatic carbocycles. The van der Waals surface area contributed by atoms with Crippen molar-refractivity contribution < 1.29 is 9.90 Å². The highest BCUT2D eigenvalue weighted by Gasteiger charge is 2.33. The van der Waals surface area contributed by atoms with Crippen LogP contribution in [-0.4, -0.2) is 21.9 Å². The third-order valence-corrected chi connectivity index (χ3v) is 7.56. The molecule has 0 bridgehead atoms. The molecule has 0 amide bonds. The molecule has 1 fully saturated rings. The molecule has 0 atom stereocenters. The van der Waals surface area contributed by atoms with Gasteiger partial charge in [0.25, 0.3) is 0 Å². The maximum atomic E-state index is 11.5. The van der Waals surface area contributed by atoms with Crippen molar-refractivity contribution in [2.75, 3.05) is 0 Å². The molecule has 1 saturated carbocycles. The van der Waals surface area contributed by atoms with Gasteiger partial charge in [-0.3, -0.25) is 4.99 Å². The first-order valence-corrected chi connectivity index (χ1v) is 12.3. The number of carboxylic acids is 1. The number of aromatic nitrogens is 1. The van der Waals surface area contributed by atoms with Gasteiger partial charge < -0.3 is 9.67 Å². The smallest absolute Gasteiger partial charge is 0.335 e. The number of hydrogen-bond acceptors (Lipinski definition) is 3. The minimum absolute atomic E-state index is 0.279. The van der Waals surface area contributed by atoms with Crippen molar-refractivity contribution in [3.8, 4) is 17.2 Å². The van der Waals surface area contributed by atoms with Crippen molar-refractivity contribution in [2.45, 2.75) is 70.9 Å². The van der Waals surface area contributed by atoms with Crippen LogP contribution in [0.5, 0.6) is 0 Å². The van der Waals surface area contributed by atoms with Crippen LogP contribution < -0.4 is 0 Å². The Labute approximate surface area is 200 Å². The lowest BCUT2D eigenvalue weighted by atomic mass is 9.81. The van der Waals surface area contributed by atoms with Crippen LogP contribution >= 0.6 is 0 Å². The molecule has 3 aromatic rings. The van der Waals surface area contributed by atoms with E-state index in [2.05, 4.69) is 41.6 Å². The predicted molar refractivity (Wildman–Crippen MR) is 135 cm³/mol. The molecular formula is C29H31N3O2. The van der Waals surface area contributed by atoms with Crippen LogP contribution in [0.2, 0.25) is 0 Å². The number of nitrogens with zero attached hydrogens (tertiary/aromatic N) is 3. The van der Waals surface area contributed by atoms with Gasteiger partial charge in [-0.05, 0) is 59.7 Å². The van der Waals surface area contributed by atoms with Crippen molar-refractivity contribution in [2.24, 2.45) is 10.9 Å². The van der Waals surface area contributed by atoms with Crippen LogP contribution in [0.3, 0.4) is 0 Å². The van der Waals surface area contributed by atoms with Crippen LogP contribution in [0.1, 0.15) is 79.6 Å². The van der Waals surface area contributed by atoms with Gasteiger partial charge in [0.15, 0.2) is 0 Å². The lowest BCUT2D eigenvalue weighted by Crippen LogP contribution is -2.25. The number of fused-ring (bicyclic) bond motifs is 2. The Balaban J connectivity index is 1.79. The van der Waals surface area contributed by atoms with Gasteiger partial charge >= 0.3 is 5.97 Å². The van der Waals surface area contributed by atoms with E-state index in [1.165, 1.54) is 59.8 Å². The second-order valence-corrected chi connectivity index (χ2v) is 10.5. The summed E-state index contributed by atoms with van der Waals surface area (Å²) in [5.74, 6) is -0.295. The van der Waals surface area contributed by atoms with E-state index in [0.717, 1.165) is 17.7 Å². The number of benzene rings is 2. The van der Waals surface area contributed by atoms with Crippen LogP contribution in [-0.2, 0) is 18.5 Å². The average Bonchev–Trinajstić information content (AvgIpc) is 3.41. The van der Waals surface area contributed by atoms with E-state index in [1.54, 1.807) is 12.1 Å². The van der Waals surface area contributed by atoms with E-state index < -0.39 is 5.97 Å². The molecule has 1 aromatic heterocycles. The summed E-state index contributed by atoms with van der Waals surface area (Å²) in [6.45, 7) is 5.95. The van der Waals surface area contributed by atoms with E-state index in [0.29, 0.717) is 18.9 Å². The SMILES string of the molecule is CC(C)(CC#N)c1c(-c2ccc(C(=O)O)cc2)c2cc3c(cc2n1CC1CCCCC1)C=NC3. The zero-order valence-corrected chi connectivity index (χ0v) is 20.0. The minimum Gasteiger partial charge on any atom is -0.478 e. The second kappa shape index (κ2) is 8.76. The number of carbonyl (C=O) groups is 1. The van der Waals surface area contributed by atoms with Gasteiger partial charge in [0.1, 0.15) is 0 Å². The molecule has 0 saturated heterocycles. The molecule has 2 aromatic carbocycles. The van der Waals surface area contributed by atoms with Gasteiger partial charge in [-0.1, -0.05) is 45.2 Å². The molecule has 0 unspecified atom stereocenters. The normalized spacial score (nSPS) is 16.0. The van der Waals surface area contributed by atoms with Gasteiger partial charge in [-0.2, -0.15) is 5.26 Å². The second-order valence-electron chi connectivity index (χ2n) is 10.5. The number of aromatic carboxylic acids is 1. The van der Waals surface area contributed by atoms with Crippen molar-refractivity contribution in [3.05, 3.63) is 58.8 Å². The number of rotatable bonds is 6. The summed E-state index contributed by atoms with van der Waals surface area (Å²) < 4.78 is 2.48. The first-order chi connectivity index (χ1) is 16.4. The fraction of sp³-hybridized carbons (Fsp3) is 0.414. The van der Waals surface area contributed by atoms with Gasteiger partial charge in [-0.25, -0.2) is 4.79 Å². The van der Waals surface area contributed by atoms with Crippen molar-refractivity contribution in [3.63, 3.8) is 0 Å². The Morgan fingerprint density at radius 1 is 1.18 bits per heavy atom. The Morgan fingerprint density at radius 2 is 1.91 bits per heavy atom. The van der Waals surface area contributed by atoms with Crippen LogP contribution in [0.15, 0.2) is 41.4 Å². The van der Waals surface area contributed by atoms with Crippen LogP contribution in [0, 0.1) is 17.2 Å². The molecule has 2 aliphatic rings. The summed E-state index contributed by atoms with van der Waals surface area (Å²) in [7, 11) is 0. The number of hydrogen-bond donors (Lipinski definition) is 1. The highest BCUT2D eigenvalue weighted by molar-refractivity contribution is 6.03. The topological polar surface area (TPSA) is 78.4 Å². The molecule has 5 heteroatoms. The zero-order chi connectivity index (χ0) is 23.9. The fourth-order valence-electron chi connectivity index (χ4n) is 5.83. The largest absolute Gasteiger partial charge is 0.478 e. The van der Waals surface area contributed by atoms with Gasteiger partial charge in [0.05, 0.1) is 18.2 Å². The minimum atomic E-state index is -0.925. The molecular weight excluding hydrogens is 422 g/mol. The fourth-order valence-corrected chi connectivity index (χ4v) is 5.83. The number of aliphatic imine (C=N–C) groups is 1. The summed E-state index contributed by atoms with van der Waals surface area (Å²) in [6.07, 6.45) is 8.75. The monoisotopic (exact) mass is 453 g/mol. The van der Waals surface area contributed by atoms with E-state index in [1.807, 2.05) is 18.3 Å². The molecule has 34 heavy (non-hydrogen) atoms. The predicted octanol–water partition coefficient (Wildman–Crippen LogP) is 6.71. The van der Waals surface area contributed by atoms with Crippen molar-refractivity contribution in [1.82, 2.24) is 4.57 Å². The van der Waals surface area contributed by atoms with Gasteiger partial charge in [0.2, 0.25) is 0 Å². The number of nitriles is 1. The molecule has 0 radical (unpaired) electrons. The van der Waals surface area contributed by atoms with Crippen LogP contribution in [0.25, 0.3) is 22.0 Å². The first kappa shape index (κ1) is 22.4. The molecule has 174 valence electrons. The van der Waals surface area contributed by atoms with Gasteiger partial charge in [0, 0.05) is 46.8 Å². The summed E-state index contributed by atoms with van der Waals surface area (Å²) in [4.78, 5) is 16.0. The Bertz CT molecular complexity index is 1320. The highest BCUT2D eigenvalue weighted by atomic mass is 16.4. The van der Waals surface area contributed by atoms with Gasteiger partial charge in [-0.15, -0.1) is 0 Å². The summed E-state index contributed by atoms with van der Waals surface area (Å²) in [5, 5.41) is 20.3. The third-order valence-electron chi connectivity index (χ3n) is 7.56. The summed E-state index contributed by atoms with van der Waals surface area (Å²) in [5.41, 5.74) is 6.80. The summed E-state index contributed by atoms with van der Waals surface area (Å²) >= 11 is 0. The quantitative estimate of drug-likeness (QED) is 0.450. The maximum Gasteiger partial charge on any atom is 0.335 e. The van der Waals surface area contributed by atoms with E-state index in [9.17, 15) is 15.2 Å². The standard InChI is InChI=1S/C29H31N3O2/c1-29(2,12-13-30)27-26(20-8-10-21(11-9-20)28(33)34)24-14-22-16-31-17-23(22)15-25(24)32(27)18-19-6-4-3-5-7-19/h8-11,14-15,17,19H,3-7,12,16,18H2,1-2H3,(H,33,34). The lowest BCUT2D eigenvalue weighted by molar-refractivity contribution is 0.0697. The van der Waals surface area contributed by atoms with E-state index >= 15 is 0 Å². The van der Waals surface area contributed by atoms with Crippen molar-refractivity contribution in [1.29, 1.82) is 5.26 Å². The highest BCUT2D eigenvalue weighted by Crippen LogP contribution is 2.44. The number of carboxylic acid groups (broad SMARTS) is 1. The average molecular weight is 454 g/mol. The molecule has 1 N–H and O–H groups in total. The maximum absolute atomic E-state index is 11.5. The van der Waals surface area contributed by atoms with E-state index in [4.69, 9.17) is 0 Å². The Hall–Kier alpha value is -3.39. The Morgan fingerprint density at radius 3 is 2.59 bits per heavy atom. The lowest BCUT2D eigenvalue weighted by Gasteiger charge is -2.30. The molecule has 1 aliphatic heterocycles. The molecule has 5 rings (SSSR count). The van der Waals surface area contributed by atoms with Crippen molar-refractivity contribution >= 4 is 23.1 Å². The molecule has 5 nitrogen and oxygen atoms in total. The molecule has 2 heterocycles. The van der Waals surface area contributed by atoms with Crippen LogP contribution in [0.4, 0.5) is 0 Å². The first-order valence-electron chi connectivity index (χ1n) is 12.3. The molecule has 0 spiro atoms. The Kier molecular flexibility index (Phi) is 5.77. The zero-order valence-electron chi connectivity index (χ0n) is 20.0.